The summed E-state index contributed by atoms with van der Waals surface area (Å²) in [5.41, 5.74) is 4.73. The van der Waals surface area contributed by atoms with E-state index in [-0.39, 0.29) is 36.4 Å². The van der Waals surface area contributed by atoms with Crippen molar-refractivity contribution in [1.29, 1.82) is 0 Å². The van der Waals surface area contributed by atoms with Gasteiger partial charge in [0.15, 0.2) is 5.16 Å². The molecule has 372 valence electrons. The van der Waals surface area contributed by atoms with E-state index in [1.165, 1.54) is 23.1 Å². The molecule has 3 aromatic heterocycles. The molecule has 0 spiro atoms. The number of likely N-dealkylation sites (tertiary alicyclic amines) is 1. The number of nitrogens with zero attached hydrogens (tertiary/aromatic N) is 10. The Hall–Kier alpha value is -7.06. The Bertz CT molecular complexity index is 3220. The zero-order valence-electron chi connectivity index (χ0n) is 40.6. The summed E-state index contributed by atoms with van der Waals surface area (Å²) in [6.45, 7) is 5.69. The predicted octanol–water partition coefficient (Wildman–Crippen LogP) is 9.29. The summed E-state index contributed by atoms with van der Waals surface area (Å²) < 4.78 is 21.9. The van der Waals surface area contributed by atoms with Gasteiger partial charge in [0, 0.05) is 58.4 Å². The van der Waals surface area contributed by atoms with Gasteiger partial charge in [-0.05, 0) is 97.1 Å². The van der Waals surface area contributed by atoms with Crippen molar-refractivity contribution in [3.05, 3.63) is 137 Å². The number of azo groups is 1. The van der Waals surface area contributed by atoms with Gasteiger partial charge in [0.2, 0.25) is 16.9 Å². The molecule has 19 heteroatoms. The van der Waals surface area contributed by atoms with E-state index in [1.54, 1.807) is 14.1 Å². The van der Waals surface area contributed by atoms with E-state index in [4.69, 9.17) is 19.2 Å². The van der Waals surface area contributed by atoms with Crippen LogP contribution in [0.5, 0.6) is 5.75 Å². The minimum Gasteiger partial charge on any atom is -0.494 e. The lowest BCUT2D eigenvalue weighted by Gasteiger charge is -2.24. The van der Waals surface area contributed by atoms with Gasteiger partial charge in [0.1, 0.15) is 16.7 Å². The van der Waals surface area contributed by atoms with Crippen LogP contribution in [-0.2, 0) is 38.8 Å². The van der Waals surface area contributed by atoms with Crippen LogP contribution in [-0.4, -0.2) is 106 Å². The number of anilines is 1. The van der Waals surface area contributed by atoms with Gasteiger partial charge in [-0.25, -0.2) is 9.97 Å². The number of aryl methyl sites for hydroxylation is 1. The number of carbonyl (C=O) groups excluding carboxylic acids is 2. The van der Waals surface area contributed by atoms with Crippen LogP contribution in [0.3, 0.4) is 0 Å². The molecule has 2 atom stereocenters. The SMILES string of the molecule is CCn1c(SC(C(=O)N2CC[C@H](NC(=O)CCOCCOCc3cn(CCCCOc4ccc5nc(N=Nc6ccc(N(C)C)cc6)sc5c4)nn3)C2)c2ccccc2)nc2cc3ccccc3cc2c1=O. The second-order valence-electron chi connectivity index (χ2n) is 17.6. The lowest BCUT2D eigenvalue weighted by Crippen LogP contribution is -2.39. The van der Waals surface area contributed by atoms with Crippen LogP contribution in [0.4, 0.5) is 16.5 Å². The molecule has 1 fully saturated rings. The number of benzene rings is 5. The van der Waals surface area contributed by atoms with E-state index >= 15 is 0 Å². The molecule has 72 heavy (non-hydrogen) atoms. The monoisotopic (exact) mass is 1010 g/mol. The Morgan fingerprint density at radius 2 is 1.67 bits per heavy atom. The van der Waals surface area contributed by atoms with E-state index in [2.05, 4.69) is 30.8 Å². The minimum absolute atomic E-state index is 0.0913. The lowest BCUT2D eigenvalue weighted by molar-refractivity contribution is -0.130. The third-order valence-corrected chi connectivity index (χ3v) is 14.3. The molecule has 8 aromatic rings. The number of ether oxygens (including phenoxy) is 3. The minimum atomic E-state index is -0.640. The van der Waals surface area contributed by atoms with Crippen LogP contribution >= 0.6 is 23.1 Å². The number of nitrogens with one attached hydrogen (secondary N) is 1. The molecule has 2 amide bonds. The molecule has 1 aliphatic heterocycles. The quantitative estimate of drug-likeness (QED) is 0.0211. The zero-order valence-corrected chi connectivity index (χ0v) is 42.2. The zero-order chi connectivity index (χ0) is 49.8. The number of rotatable bonds is 23. The second-order valence-corrected chi connectivity index (χ2v) is 19.7. The first-order valence-corrected chi connectivity index (χ1v) is 25.9. The smallest absolute Gasteiger partial charge is 0.262 e. The largest absolute Gasteiger partial charge is 0.494 e. The fourth-order valence-corrected chi connectivity index (χ4v) is 10.4. The highest BCUT2D eigenvalue weighted by molar-refractivity contribution is 8.00. The van der Waals surface area contributed by atoms with E-state index in [9.17, 15) is 14.4 Å². The van der Waals surface area contributed by atoms with Crippen LogP contribution in [0.15, 0.2) is 136 Å². The molecular weight excluding hydrogens is 951 g/mol. The van der Waals surface area contributed by atoms with Gasteiger partial charge in [-0.2, -0.15) is 0 Å². The first-order valence-electron chi connectivity index (χ1n) is 24.2. The summed E-state index contributed by atoms with van der Waals surface area (Å²) in [7, 11) is 4.00. The van der Waals surface area contributed by atoms with Crippen molar-refractivity contribution in [2.75, 3.05) is 58.5 Å². The highest BCUT2D eigenvalue weighted by Crippen LogP contribution is 2.38. The van der Waals surface area contributed by atoms with Crippen molar-refractivity contribution < 1.29 is 23.8 Å². The molecule has 0 saturated carbocycles. The Morgan fingerprint density at radius 1 is 0.875 bits per heavy atom. The van der Waals surface area contributed by atoms with Gasteiger partial charge in [0.25, 0.3) is 5.56 Å². The van der Waals surface area contributed by atoms with Crippen molar-refractivity contribution >= 4 is 83.3 Å². The molecule has 9 rings (SSSR count). The van der Waals surface area contributed by atoms with Gasteiger partial charge >= 0.3 is 0 Å². The highest BCUT2D eigenvalue weighted by Gasteiger charge is 2.34. The highest BCUT2D eigenvalue weighted by atomic mass is 32.2. The lowest BCUT2D eigenvalue weighted by atomic mass is 10.1. The Balaban J connectivity index is 0.652. The van der Waals surface area contributed by atoms with Crippen LogP contribution in [0, 0.1) is 0 Å². The number of thiazole rings is 1. The third-order valence-electron chi connectivity index (χ3n) is 12.2. The number of hydrogen-bond donors (Lipinski definition) is 1. The third kappa shape index (κ3) is 12.7. The first-order chi connectivity index (χ1) is 35.2. The Labute approximate surface area is 425 Å². The molecule has 0 radical (unpaired) electrons. The molecule has 4 heterocycles. The number of unbranched alkanes of at least 4 members (excludes halogenated alkanes) is 1. The van der Waals surface area contributed by atoms with E-state index < -0.39 is 5.25 Å². The molecule has 17 nitrogen and oxygen atoms in total. The fraction of sp³-hybridized carbons (Fsp3) is 0.340. The second kappa shape index (κ2) is 23.9. The summed E-state index contributed by atoms with van der Waals surface area (Å²) in [4.78, 5) is 54.4. The fourth-order valence-electron chi connectivity index (χ4n) is 8.38. The van der Waals surface area contributed by atoms with Gasteiger partial charge in [-0.15, -0.1) is 15.3 Å². The number of aromatic nitrogens is 6. The number of amides is 2. The summed E-state index contributed by atoms with van der Waals surface area (Å²) in [6, 6.07) is 34.9. The predicted molar refractivity (Wildman–Crippen MR) is 282 cm³/mol. The maximum absolute atomic E-state index is 14.3. The van der Waals surface area contributed by atoms with E-state index in [1.807, 2.05) is 141 Å². The molecular formula is C53H57N11O6S2. The summed E-state index contributed by atoms with van der Waals surface area (Å²) in [5.74, 6) is 0.557. The average molecular weight is 1010 g/mol. The molecule has 0 bridgehead atoms. The van der Waals surface area contributed by atoms with E-state index in [0.29, 0.717) is 80.2 Å². The summed E-state index contributed by atoms with van der Waals surface area (Å²) in [6.07, 6.45) is 4.41. The van der Waals surface area contributed by atoms with Gasteiger partial charge in [0.05, 0.1) is 66.0 Å². The number of carbonyl (C=O) groups is 2. The normalized spacial score (nSPS) is 14.2. The van der Waals surface area contributed by atoms with Crippen molar-refractivity contribution in [1.82, 2.24) is 39.7 Å². The maximum Gasteiger partial charge on any atom is 0.262 e. The van der Waals surface area contributed by atoms with Crippen molar-refractivity contribution in [3.63, 3.8) is 0 Å². The van der Waals surface area contributed by atoms with Crippen LogP contribution in [0.2, 0.25) is 0 Å². The first kappa shape index (κ1) is 49.9. The molecule has 5 aromatic carbocycles. The van der Waals surface area contributed by atoms with Crippen LogP contribution in [0.25, 0.3) is 31.9 Å². The molecule has 1 N–H and O–H groups in total. The van der Waals surface area contributed by atoms with E-state index in [0.717, 1.165) is 62.2 Å². The van der Waals surface area contributed by atoms with Gasteiger partial charge in [-0.3, -0.25) is 23.6 Å². The maximum atomic E-state index is 14.3. The van der Waals surface area contributed by atoms with Crippen LogP contribution < -0.4 is 20.5 Å². The molecule has 1 unspecified atom stereocenters. The Morgan fingerprint density at radius 3 is 2.47 bits per heavy atom. The van der Waals surface area contributed by atoms with Gasteiger partial charge in [-0.1, -0.05) is 82.9 Å². The molecule has 1 saturated heterocycles. The molecule has 0 aliphatic carbocycles. The molecule has 1 aliphatic rings. The van der Waals surface area contributed by atoms with Crippen molar-refractivity contribution in [3.8, 4) is 5.75 Å². The number of thioether (sulfide) groups is 1. The summed E-state index contributed by atoms with van der Waals surface area (Å²) in [5, 5.41) is 23.2. The number of hydrogen-bond acceptors (Lipinski definition) is 15. The van der Waals surface area contributed by atoms with Crippen molar-refractivity contribution in [2.45, 2.75) is 68.8 Å². The topological polar surface area (TPSA) is 184 Å². The van der Waals surface area contributed by atoms with Gasteiger partial charge < -0.3 is 29.3 Å². The van der Waals surface area contributed by atoms with Crippen molar-refractivity contribution in [2.24, 2.45) is 10.2 Å². The number of fused-ring (bicyclic) bond motifs is 3. The standard InChI is InChI=1S/C53H57N11O6S2/c1-4-64-50(66)44-30-37-14-8-9-15-38(37)31-46(44)56-53(64)72-49(36-12-6-5-7-13-36)51(67)62-25-22-40(33-62)54-48(65)23-27-68-28-29-69-35-41-34-63(60-58-41)24-10-11-26-70-43-20-21-45-47(32-43)71-52(55-45)59-57-39-16-18-42(19-17-39)61(2)3/h5-9,12-21,30-32,34,40,49H,4,10-11,22-29,33,35H2,1-3H3,(H,54,65)/t40-,49?/m0/s1. The van der Waals surface area contributed by atoms with Crippen LogP contribution in [0.1, 0.15) is 49.1 Å². The average Bonchev–Trinajstić information content (AvgIpc) is 4.17. The Kier molecular flexibility index (Phi) is 16.6. The summed E-state index contributed by atoms with van der Waals surface area (Å²) >= 11 is 2.76.